The molecule has 1 heterocycles. The van der Waals surface area contributed by atoms with Crippen molar-refractivity contribution in [3.05, 3.63) is 0 Å². The number of esters is 1. The molecule has 1 saturated heterocycles. The van der Waals surface area contributed by atoms with Crippen LogP contribution in [-0.4, -0.2) is 35.1 Å². The normalized spacial score (nSPS) is 14.8. The van der Waals surface area contributed by atoms with Crippen molar-refractivity contribution in [2.75, 3.05) is 7.05 Å². The van der Waals surface area contributed by atoms with E-state index in [-0.39, 0.29) is 17.2 Å². The van der Waals surface area contributed by atoms with Gasteiger partial charge in [0.15, 0.2) is 0 Å². The van der Waals surface area contributed by atoms with E-state index in [1.807, 2.05) is 0 Å². The van der Waals surface area contributed by atoms with Crippen LogP contribution in [0.25, 0.3) is 0 Å². The Kier molecular flexibility index (Phi) is 10.0. The molecule has 0 bridgehead atoms. The Morgan fingerprint density at radius 3 is 1.45 bits per heavy atom. The highest BCUT2D eigenvalue weighted by atomic mass is 16.5. The van der Waals surface area contributed by atoms with Crippen LogP contribution in [0, 0.1) is 94.7 Å². The highest BCUT2D eigenvalue weighted by Gasteiger charge is 2.44. The molecule has 0 aromatic heterocycles. The summed E-state index contributed by atoms with van der Waals surface area (Å²) in [5.41, 5.74) is -0.128. The van der Waals surface area contributed by atoms with E-state index in [2.05, 4.69) is 134 Å². The first kappa shape index (κ1) is 24.9. The molecule has 152 valence electrons. The number of nitrogens with zero attached hydrogens (tertiary/aromatic N) is 1. The van der Waals surface area contributed by atoms with Crippen LogP contribution < -0.4 is 0 Å². The molecule has 1 aliphatic heterocycles. The van der Waals surface area contributed by atoms with Gasteiger partial charge in [-0.2, -0.15) is 0 Å². The summed E-state index contributed by atoms with van der Waals surface area (Å²) in [5, 5.41) is 0. The number of ether oxygens (including phenoxy) is 1. The third-order valence-electron chi connectivity index (χ3n) is 4.65. The molecule has 0 aliphatic carbocycles. The van der Waals surface area contributed by atoms with Crippen molar-refractivity contribution < 1.29 is 9.53 Å². The fraction of sp³-hybridized carbons (Fsp3) is 0.393. The van der Waals surface area contributed by atoms with Crippen LogP contribution in [0.1, 0.15) is 47.5 Å². The summed E-state index contributed by atoms with van der Waals surface area (Å²) in [6.45, 7) is 10.3. The van der Waals surface area contributed by atoms with E-state index in [0.29, 0.717) is 0 Å². The van der Waals surface area contributed by atoms with Gasteiger partial charge in [-0.3, -0.25) is 4.90 Å². The molecule has 0 aromatic carbocycles. The Morgan fingerprint density at radius 1 is 0.710 bits per heavy atom. The molecule has 31 heavy (non-hydrogen) atoms. The number of hydrogen-bond acceptors (Lipinski definition) is 3. The van der Waals surface area contributed by atoms with Gasteiger partial charge < -0.3 is 4.74 Å². The van der Waals surface area contributed by atoms with Gasteiger partial charge in [-0.25, -0.2) is 4.79 Å². The molecule has 3 heteroatoms. The maximum atomic E-state index is 12.0. The molecular weight excluding hydrogens is 382 g/mol. The van der Waals surface area contributed by atoms with Crippen LogP contribution in [0.5, 0.6) is 0 Å². The minimum atomic E-state index is -0.578. The zero-order valence-corrected chi connectivity index (χ0v) is 18.8. The predicted molar refractivity (Wildman–Crippen MR) is 123 cm³/mol. The number of piperidine rings is 1. The van der Waals surface area contributed by atoms with Crippen LogP contribution in [0.2, 0.25) is 0 Å². The molecule has 3 nitrogen and oxygen atoms in total. The number of hydrogen-bond donors (Lipinski definition) is 0. The Labute approximate surface area is 187 Å². The zero-order chi connectivity index (χ0) is 23.2. The Balaban J connectivity index is 2.54. The lowest BCUT2D eigenvalue weighted by atomic mass is 9.79. The summed E-state index contributed by atoms with van der Waals surface area (Å²) >= 11 is 0. The topological polar surface area (TPSA) is 29.5 Å². The van der Waals surface area contributed by atoms with E-state index < -0.39 is 5.97 Å². The lowest BCUT2D eigenvalue weighted by Crippen LogP contribution is -2.60. The number of carbonyl (C=O) groups excluding carboxylic acids is 1. The third kappa shape index (κ3) is 9.78. The Morgan fingerprint density at radius 2 is 1.06 bits per heavy atom. The van der Waals surface area contributed by atoms with Crippen LogP contribution in [-0.2, 0) is 9.53 Å². The predicted octanol–water partition coefficient (Wildman–Crippen LogP) is 2.23. The second kappa shape index (κ2) is 12.5. The van der Waals surface area contributed by atoms with Crippen molar-refractivity contribution in [3.63, 3.8) is 0 Å². The molecule has 0 aromatic rings. The minimum absolute atomic E-state index is 0.0641. The molecule has 0 spiro atoms. The molecule has 1 fully saturated rings. The van der Waals surface area contributed by atoms with Crippen LogP contribution in [0.4, 0.5) is 0 Å². The summed E-state index contributed by atoms with van der Waals surface area (Å²) in [5.74, 6) is 39.6. The van der Waals surface area contributed by atoms with E-state index in [0.717, 1.165) is 12.8 Å². The smallest absolute Gasteiger partial charge is 0.385 e. The highest BCUT2D eigenvalue weighted by Crippen LogP contribution is 2.37. The maximum absolute atomic E-state index is 12.0. The first-order valence-corrected chi connectivity index (χ1v) is 9.56. The average Bonchev–Trinajstić information content (AvgIpc) is 2.68. The molecule has 0 saturated carbocycles. The number of likely N-dealkylation sites (tertiary alicyclic amines) is 1. The molecule has 1 aliphatic rings. The lowest BCUT2D eigenvalue weighted by Gasteiger charge is -2.53. The highest BCUT2D eigenvalue weighted by molar-refractivity contribution is 5.89. The SMILES string of the molecule is CC#CC#CC#CC#CC#CC#CC#CC#CC(=O)OC1CC(C)(C)N(C)C(C)(C)C1. The third-order valence-corrected chi connectivity index (χ3v) is 4.65. The molecule has 0 N–H and O–H groups in total. The minimum Gasteiger partial charge on any atom is -0.453 e. The van der Waals surface area contributed by atoms with Crippen molar-refractivity contribution in [2.45, 2.75) is 64.6 Å². The van der Waals surface area contributed by atoms with Crippen molar-refractivity contribution in [3.8, 4) is 94.7 Å². The average molecular weight is 405 g/mol. The number of carbonyl (C=O) groups is 1. The van der Waals surface area contributed by atoms with E-state index in [4.69, 9.17) is 4.74 Å². The van der Waals surface area contributed by atoms with Gasteiger partial charge in [0, 0.05) is 29.8 Å². The van der Waals surface area contributed by atoms with E-state index in [1.54, 1.807) is 6.92 Å². The van der Waals surface area contributed by atoms with E-state index >= 15 is 0 Å². The molecule has 0 amide bonds. The molecular formula is C28H23NO2. The van der Waals surface area contributed by atoms with Gasteiger partial charge in [0.1, 0.15) is 6.10 Å². The van der Waals surface area contributed by atoms with Gasteiger partial charge in [0.05, 0.1) is 0 Å². The first-order chi connectivity index (χ1) is 14.7. The number of rotatable bonds is 1. The monoisotopic (exact) mass is 405 g/mol. The van der Waals surface area contributed by atoms with Gasteiger partial charge in [0.2, 0.25) is 0 Å². The quantitative estimate of drug-likeness (QED) is 0.381. The van der Waals surface area contributed by atoms with Gasteiger partial charge in [-0.1, -0.05) is 5.92 Å². The molecule has 0 unspecified atom stereocenters. The van der Waals surface area contributed by atoms with Crippen molar-refractivity contribution in [2.24, 2.45) is 0 Å². The van der Waals surface area contributed by atoms with Gasteiger partial charge >= 0.3 is 5.97 Å². The Bertz CT molecular complexity index is 1190. The fourth-order valence-electron chi connectivity index (χ4n) is 3.06. The van der Waals surface area contributed by atoms with Crippen LogP contribution in [0.3, 0.4) is 0 Å². The summed E-state index contributed by atoms with van der Waals surface area (Å²) in [6, 6.07) is 0. The first-order valence-electron chi connectivity index (χ1n) is 9.56. The van der Waals surface area contributed by atoms with Gasteiger partial charge in [-0.05, 0) is 125 Å². The molecule has 0 radical (unpaired) electrons. The van der Waals surface area contributed by atoms with Crippen molar-refractivity contribution in [1.29, 1.82) is 0 Å². The summed E-state index contributed by atoms with van der Waals surface area (Å²) in [7, 11) is 2.10. The summed E-state index contributed by atoms with van der Waals surface area (Å²) in [4.78, 5) is 14.3. The van der Waals surface area contributed by atoms with Gasteiger partial charge in [-0.15, -0.1) is 0 Å². The van der Waals surface area contributed by atoms with Crippen molar-refractivity contribution >= 4 is 5.97 Å². The van der Waals surface area contributed by atoms with Crippen molar-refractivity contribution in [1.82, 2.24) is 4.90 Å². The van der Waals surface area contributed by atoms with E-state index in [1.165, 1.54) is 0 Å². The Hall–Kier alpha value is -4.09. The molecule has 1 rings (SSSR count). The summed E-state index contributed by atoms with van der Waals surface area (Å²) < 4.78 is 5.52. The van der Waals surface area contributed by atoms with Crippen LogP contribution >= 0.6 is 0 Å². The van der Waals surface area contributed by atoms with Crippen LogP contribution in [0.15, 0.2) is 0 Å². The molecule has 0 atom stereocenters. The second-order valence-electron chi connectivity index (χ2n) is 7.74. The standard InChI is InChI=1S/C28H23NO2/c1-7-8-9-10-11-12-13-14-15-16-17-18-19-20-21-22-26(30)31-25-23-27(2,3)29(6)28(4,5)24-25/h25H,23-24H2,1-6H3. The second-order valence-corrected chi connectivity index (χ2v) is 7.74. The fourth-order valence-corrected chi connectivity index (χ4v) is 3.06. The zero-order valence-electron chi connectivity index (χ0n) is 18.8. The van der Waals surface area contributed by atoms with Gasteiger partial charge in [0.25, 0.3) is 0 Å². The lowest BCUT2D eigenvalue weighted by molar-refractivity contribution is -0.151. The summed E-state index contributed by atoms with van der Waals surface area (Å²) in [6.07, 6.45) is 1.34. The largest absolute Gasteiger partial charge is 0.453 e. The maximum Gasteiger partial charge on any atom is 0.385 e. The van der Waals surface area contributed by atoms with E-state index in [9.17, 15) is 4.79 Å².